The molecular formula is C14H18N4O. The molecule has 2 aromatic carbocycles. The molecule has 0 saturated carbocycles. The third-order valence-electron chi connectivity index (χ3n) is 2.94. The van der Waals surface area contributed by atoms with Crippen LogP contribution in [0, 0.1) is 0 Å². The Morgan fingerprint density at radius 2 is 1.89 bits per heavy atom. The number of phenolic OH excluding ortho intramolecular Hbond substituents is 1. The number of rotatable bonds is 5. The van der Waals surface area contributed by atoms with Crippen molar-refractivity contribution in [3.05, 3.63) is 42.0 Å². The van der Waals surface area contributed by atoms with Gasteiger partial charge in [0.05, 0.1) is 0 Å². The van der Waals surface area contributed by atoms with Crippen LogP contribution in [0.15, 0.2) is 41.5 Å². The van der Waals surface area contributed by atoms with E-state index in [-0.39, 0.29) is 5.75 Å². The Labute approximate surface area is 111 Å². The summed E-state index contributed by atoms with van der Waals surface area (Å²) >= 11 is 0. The van der Waals surface area contributed by atoms with Crippen LogP contribution in [0.3, 0.4) is 0 Å². The molecule has 0 fully saturated rings. The van der Waals surface area contributed by atoms with Gasteiger partial charge in [0.1, 0.15) is 11.6 Å². The van der Waals surface area contributed by atoms with Gasteiger partial charge in [-0.1, -0.05) is 18.2 Å². The Kier molecular flexibility index (Phi) is 4.20. The molecule has 0 unspecified atom stereocenters. The highest BCUT2D eigenvalue weighted by molar-refractivity contribution is 5.84. The van der Waals surface area contributed by atoms with E-state index in [0.29, 0.717) is 12.3 Å². The zero-order valence-electron chi connectivity index (χ0n) is 10.6. The van der Waals surface area contributed by atoms with Crippen LogP contribution in [0.4, 0.5) is 0 Å². The molecule has 0 bridgehead atoms. The number of nitrogens with zero attached hydrogens (tertiary/aromatic N) is 1. The number of phenols is 1. The van der Waals surface area contributed by atoms with E-state index >= 15 is 0 Å². The van der Waals surface area contributed by atoms with Gasteiger partial charge in [0.2, 0.25) is 0 Å². The topological polar surface area (TPSA) is 96.7 Å². The van der Waals surface area contributed by atoms with Crippen LogP contribution in [-0.4, -0.2) is 17.5 Å². The third kappa shape index (κ3) is 3.59. The Balaban J connectivity index is 1.96. The monoisotopic (exact) mass is 258 g/mol. The predicted octanol–water partition coefficient (Wildman–Crippen LogP) is 1.26. The summed E-state index contributed by atoms with van der Waals surface area (Å²) in [5, 5.41) is 18.2. The summed E-state index contributed by atoms with van der Waals surface area (Å²) in [6.07, 6.45) is 0.637. The van der Waals surface area contributed by atoms with E-state index in [9.17, 15) is 5.11 Å². The Morgan fingerprint density at radius 1 is 1.16 bits per heavy atom. The maximum Gasteiger partial charge on any atom is 0.120 e. The average molecular weight is 258 g/mol. The summed E-state index contributed by atoms with van der Waals surface area (Å²) in [5.74, 6) is 5.79. The first kappa shape index (κ1) is 13.2. The molecule has 5 heteroatoms. The van der Waals surface area contributed by atoms with E-state index in [1.165, 1.54) is 5.56 Å². The van der Waals surface area contributed by atoms with E-state index in [2.05, 4.69) is 16.5 Å². The molecule has 2 aromatic rings. The van der Waals surface area contributed by atoms with Gasteiger partial charge < -0.3 is 22.0 Å². The summed E-state index contributed by atoms with van der Waals surface area (Å²) < 4.78 is 0. The highest BCUT2D eigenvalue weighted by Crippen LogP contribution is 2.20. The predicted molar refractivity (Wildman–Crippen MR) is 77.7 cm³/mol. The number of benzene rings is 2. The van der Waals surface area contributed by atoms with Crippen LogP contribution < -0.4 is 16.9 Å². The number of fused-ring (bicyclic) bond motifs is 1. The van der Waals surface area contributed by atoms with Gasteiger partial charge in [-0.15, -0.1) is 0 Å². The van der Waals surface area contributed by atoms with Gasteiger partial charge in [0.15, 0.2) is 0 Å². The van der Waals surface area contributed by atoms with E-state index in [0.717, 1.165) is 23.9 Å². The van der Waals surface area contributed by atoms with Crippen LogP contribution in [0.2, 0.25) is 0 Å². The molecule has 0 saturated heterocycles. The lowest BCUT2D eigenvalue weighted by Gasteiger charge is -2.06. The number of amidine groups is 1. The van der Waals surface area contributed by atoms with Crippen molar-refractivity contribution in [1.29, 1.82) is 0 Å². The second-order valence-corrected chi connectivity index (χ2v) is 4.41. The van der Waals surface area contributed by atoms with Crippen molar-refractivity contribution >= 4 is 16.6 Å². The first-order chi connectivity index (χ1) is 9.19. The standard InChI is InChI=1S/C14H18N4O/c15-14(18-16)5-6-17-9-10-1-2-12-8-13(19)4-3-11(12)7-10/h1-4,7-8,17,19H,5-6,9,16H2,(H2,15,18). The molecule has 0 heterocycles. The molecule has 0 amide bonds. The summed E-state index contributed by atoms with van der Waals surface area (Å²) in [6, 6.07) is 11.5. The van der Waals surface area contributed by atoms with Crippen molar-refractivity contribution in [2.75, 3.05) is 6.54 Å². The van der Waals surface area contributed by atoms with Crippen LogP contribution in [0.1, 0.15) is 12.0 Å². The molecule has 0 aliphatic heterocycles. The lowest BCUT2D eigenvalue weighted by Crippen LogP contribution is -2.22. The Hall–Kier alpha value is -2.27. The summed E-state index contributed by atoms with van der Waals surface area (Å²) in [7, 11) is 0. The smallest absolute Gasteiger partial charge is 0.120 e. The van der Waals surface area contributed by atoms with Crippen molar-refractivity contribution in [1.82, 2.24) is 5.32 Å². The summed E-state index contributed by atoms with van der Waals surface area (Å²) in [5.41, 5.74) is 6.68. The number of nitrogens with one attached hydrogen (secondary N) is 1. The molecule has 0 radical (unpaired) electrons. The van der Waals surface area contributed by atoms with Gasteiger partial charge in [-0.25, -0.2) is 0 Å². The van der Waals surface area contributed by atoms with Crippen molar-refractivity contribution in [2.45, 2.75) is 13.0 Å². The van der Waals surface area contributed by atoms with E-state index in [1.807, 2.05) is 18.2 Å². The van der Waals surface area contributed by atoms with E-state index in [1.54, 1.807) is 12.1 Å². The lowest BCUT2D eigenvalue weighted by atomic mass is 10.1. The molecular weight excluding hydrogens is 240 g/mol. The van der Waals surface area contributed by atoms with E-state index in [4.69, 9.17) is 11.6 Å². The SMILES string of the molecule is N/N=C(\N)CCNCc1ccc2cc(O)ccc2c1. The van der Waals surface area contributed by atoms with Crippen LogP contribution in [0.25, 0.3) is 10.8 Å². The Morgan fingerprint density at radius 3 is 2.68 bits per heavy atom. The largest absolute Gasteiger partial charge is 0.508 e. The van der Waals surface area contributed by atoms with Crippen LogP contribution in [-0.2, 0) is 6.54 Å². The van der Waals surface area contributed by atoms with Crippen molar-refractivity contribution in [3.63, 3.8) is 0 Å². The average Bonchev–Trinajstić information content (AvgIpc) is 2.43. The molecule has 5 nitrogen and oxygen atoms in total. The molecule has 0 aliphatic rings. The minimum absolute atomic E-state index is 0.287. The molecule has 2 rings (SSSR count). The maximum absolute atomic E-state index is 9.40. The van der Waals surface area contributed by atoms with Crippen molar-refractivity contribution in [3.8, 4) is 5.75 Å². The fraction of sp³-hybridized carbons (Fsp3) is 0.214. The molecule has 19 heavy (non-hydrogen) atoms. The van der Waals surface area contributed by atoms with Crippen molar-refractivity contribution in [2.24, 2.45) is 16.7 Å². The summed E-state index contributed by atoms with van der Waals surface area (Å²) in [6.45, 7) is 1.49. The van der Waals surface area contributed by atoms with Gasteiger partial charge in [0, 0.05) is 19.5 Å². The zero-order chi connectivity index (χ0) is 13.7. The van der Waals surface area contributed by atoms with Crippen LogP contribution >= 0.6 is 0 Å². The molecule has 6 N–H and O–H groups in total. The lowest BCUT2D eigenvalue weighted by molar-refractivity contribution is 0.476. The number of aromatic hydroxyl groups is 1. The molecule has 100 valence electrons. The fourth-order valence-electron chi connectivity index (χ4n) is 1.91. The second-order valence-electron chi connectivity index (χ2n) is 4.41. The zero-order valence-corrected chi connectivity index (χ0v) is 10.6. The third-order valence-corrected chi connectivity index (χ3v) is 2.94. The number of hydrogen-bond acceptors (Lipinski definition) is 4. The highest BCUT2D eigenvalue weighted by Gasteiger charge is 1.98. The van der Waals surface area contributed by atoms with Crippen LogP contribution in [0.5, 0.6) is 5.75 Å². The maximum atomic E-state index is 9.40. The highest BCUT2D eigenvalue weighted by atomic mass is 16.3. The second kappa shape index (κ2) is 6.06. The number of hydrazone groups is 1. The minimum Gasteiger partial charge on any atom is -0.508 e. The van der Waals surface area contributed by atoms with Gasteiger partial charge >= 0.3 is 0 Å². The summed E-state index contributed by atoms with van der Waals surface area (Å²) in [4.78, 5) is 0. The number of hydrogen-bond donors (Lipinski definition) is 4. The van der Waals surface area contributed by atoms with Crippen molar-refractivity contribution < 1.29 is 5.11 Å². The first-order valence-corrected chi connectivity index (χ1v) is 6.13. The van der Waals surface area contributed by atoms with Gasteiger partial charge in [-0.05, 0) is 34.5 Å². The normalized spacial score (nSPS) is 11.9. The quantitative estimate of drug-likeness (QED) is 0.213. The van der Waals surface area contributed by atoms with E-state index < -0.39 is 0 Å². The molecule has 0 aromatic heterocycles. The van der Waals surface area contributed by atoms with Gasteiger partial charge in [0.25, 0.3) is 0 Å². The van der Waals surface area contributed by atoms with Gasteiger partial charge in [-0.2, -0.15) is 5.10 Å². The molecule has 0 aliphatic carbocycles. The number of nitrogens with two attached hydrogens (primary N) is 2. The fourth-order valence-corrected chi connectivity index (χ4v) is 1.91. The first-order valence-electron chi connectivity index (χ1n) is 6.13. The Bertz CT molecular complexity index is 595. The molecule has 0 spiro atoms. The van der Waals surface area contributed by atoms with Gasteiger partial charge in [-0.3, -0.25) is 0 Å². The minimum atomic E-state index is 0.287. The molecule has 0 atom stereocenters.